The first-order valence-corrected chi connectivity index (χ1v) is 4.53. The predicted octanol–water partition coefficient (Wildman–Crippen LogP) is 2.51. The van der Waals surface area contributed by atoms with Gasteiger partial charge >= 0.3 is 5.97 Å². The number of hydrogen-bond donors (Lipinski definition) is 2. The van der Waals surface area contributed by atoms with Crippen LogP contribution in [0.2, 0.25) is 0 Å². The molecule has 15 heavy (non-hydrogen) atoms. The van der Waals surface area contributed by atoms with E-state index in [2.05, 4.69) is 5.32 Å². The highest BCUT2D eigenvalue weighted by Gasteiger charge is 2.12. The van der Waals surface area contributed by atoms with E-state index in [1.54, 1.807) is 12.2 Å². The van der Waals surface area contributed by atoms with Crippen LogP contribution in [0.5, 0.6) is 0 Å². The van der Waals surface area contributed by atoms with Gasteiger partial charge in [-0.2, -0.15) is 0 Å². The number of halogens is 1. The van der Waals surface area contributed by atoms with E-state index >= 15 is 0 Å². The molecule has 0 unspecified atom stereocenters. The predicted molar refractivity (Wildman–Crippen MR) is 56.7 cm³/mol. The van der Waals surface area contributed by atoms with E-state index in [0.29, 0.717) is 6.54 Å². The fourth-order valence-corrected chi connectivity index (χ4v) is 1.16. The van der Waals surface area contributed by atoms with E-state index in [9.17, 15) is 9.18 Å². The van der Waals surface area contributed by atoms with E-state index in [1.807, 2.05) is 6.92 Å². The van der Waals surface area contributed by atoms with Gasteiger partial charge in [0.25, 0.3) is 0 Å². The maximum absolute atomic E-state index is 13.3. The molecule has 0 fully saturated rings. The smallest absolute Gasteiger partial charge is 0.337 e. The zero-order valence-electron chi connectivity index (χ0n) is 8.33. The Hall–Kier alpha value is -1.84. The van der Waals surface area contributed by atoms with Gasteiger partial charge in [0.2, 0.25) is 0 Å². The summed E-state index contributed by atoms with van der Waals surface area (Å²) in [5.74, 6) is -1.70. The molecule has 0 saturated carbocycles. The van der Waals surface area contributed by atoms with Crippen molar-refractivity contribution >= 4 is 11.7 Å². The van der Waals surface area contributed by atoms with Gasteiger partial charge in [0.1, 0.15) is 5.82 Å². The number of aromatic carboxylic acids is 1. The molecular weight excluding hydrogens is 197 g/mol. The summed E-state index contributed by atoms with van der Waals surface area (Å²) in [6.45, 7) is 2.23. The monoisotopic (exact) mass is 209 g/mol. The summed E-state index contributed by atoms with van der Waals surface area (Å²) in [4.78, 5) is 10.8. The minimum absolute atomic E-state index is 0.0306. The highest BCUT2D eigenvalue weighted by Crippen LogP contribution is 2.19. The molecule has 0 aliphatic heterocycles. The molecule has 0 bridgehead atoms. The Morgan fingerprint density at radius 3 is 2.93 bits per heavy atom. The van der Waals surface area contributed by atoms with Crippen molar-refractivity contribution in [3.63, 3.8) is 0 Å². The molecule has 1 rings (SSSR count). The third-order valence-electron chi connectivity index (χ3n) is 1.88. The Kier molecular flexibility index (Phi) is 3.85. The zero-order valence-corrected chi connectivity index (χ0v) is 8.33. The Labute approximate surface area is 87.2 Å². The number of para-hydroxylation sites is 1. The topological polar surface area (TPSA) is 49.3 Å². The molecule has 0 saturated heterocycles. The van der Waals surface area contributed by atoms with Crippen LogP contribution in [-0.2, 0) is 0 Å². The van der Waals surface area contributed by atoms with Gasteiger partial charge in [0, 0.05) is 6.54 Å². The van der Waals surface area contributed by atoms with E-state index in [-0.39, 0.29) is 11.3 Å². The molecule has 80 valence electrons. The normalized spacial score (nSPS) is 10.5. The minimum Gasteiger partial charge on any atom is -0.478 e. The van der Waals surface area contributed by atoms with Gasteiger partial charge in [-0.25, -0.2) is 9.18 Å². The lowest BCUT2D eigenvalue weighted by Gasteiger charge is -2.08. The van der Waals surface area contributed by atoms with Crippen molar-refractivity contribution in [2.24, 2.45) is 0 Å². The molecule has 0 radical (unpaired) electrons. The first kappa shape index (κ1) is 11.2. The lowest BCUT2D eigenvalue weighted by Crippen LogP contribution is -2.08. The average molecular weight is 209 g/mol. The summed E-state index contributed by atoms with van der Waals surface area (Å²) in [6.07, 6.45) is 3.58. The van der Waals surface area contributed by atoms with Crippen molar-refractivity contribution in [2.75, 3.05) is 11.9 Å². The Morgan fingerprint density at radius 1 is 1.60 bits per heavy atom. The molecule has 0 atom stereocenters. The van der Waals surface area contributed by atoms with Gasteiger partial charge in [0.15, 0.2) is 0 Å². The molecule has 0 aliphatic carbocycles. The number of carboxylic acid groups (broad SMARTS) is 1. The molecule has 0 aromatic heterocycles. The molecular formula is C11H12FNO2. The summed E-state index contributed by atoms with van der Waals surface area (Å²) in [7, 11) is 0. The molecule has 1 aromatic carbocycles. The quantitative estimate of drug-likeness (QED) is 0.749. The van der Waals surface area contributed by atoms with E-state index in [0.717, 1.165) is 0 Å². The van der Waals surface area contributed by atoms with Crippen LogP contribution in [0.4, 0.5) is 10.1 Å². The first-order valence-electron chi connectivity index (χ1n) is 4.53. The molecule has 0 spiro atoms. The Balaban J connectivity index is 2.97. The molecule has 0 aliphatic rings. The summed E-state index contributed by atoms with van der Waals surface area (Å²) < 4.78 is 13.3. The second kappa shape index (κ2) is 5.14. The van der Waals surface area contributed by atoms with Crippen molar-refractivity contribution in [3.05, 3.63) is 41.7 Å². The lowest BCUT2D eigenvalue weighted by molar-refractivity contribution is 0.0697. The lowest BCUT2D eigenvalue weighted by atomic mass is 10.1. The van der Waals surface area contributed by atoms with E-state index in [1.165, 1.54) is 18.2 Å². The molecule has 0 amide bonds. The third-order valence-corrected chi connectivity index (χ3v) is 1.88. The van der Waals surface area contributed by atoms with Crippen molar-refractivity contribution in [1.82, 2.24) is 0 Å². The van der Waals surface area contributed by atoms with E-state index < -0.39 is 11.8 Å². The summed E-state index contributed by atoms with van der Waals surface area (Å²) >= 11 is 0. The molecule has 3 nitrogen and oxygen atoms in total. The molecule has 1 aromatic rings. The average Bonchev–Trinajstić information content (AvgIpc) is 2.20. The van der Waals surface area contributed by atoms with Crippen LogP contribution < -0.4 is 5.32 Å². The van der Waals surface area contributed by atoms with Crippen molar-refractivity contribution < 1.29 is 14.3 Å². The van der Waals surface area contributed by atoms with Crippen molar-refractivity contribution in [3.8, 4) is 0 Å². The second-order valence-electron chi connectivity index (χ2n) is 2.92. The van der Waals surface area contributed by atoms with E-state index in [4.69, 9.17) is 5.11 Å². The minimum atomic E-state index is -1.14. The molecule has 2 N–H and O–H groups in total. The van der Waals surface area contributed by atoms with Crippen LogP contribution in [0.15, 0.2) is 30.4 Å². The highest BCUT2D eigenvalue weighted by molar-refractivity contribution is 5.94. The standard InChI is InChI=1S/C11H12FNO2/c1-2-3-7-13-10-8(11(14)15)5-4-6-9(10)12/h2-6,13H,7H2,1H3,(H,14,15)/b3-2+. The van der Waals surface area contributed by atoms with Gasteiger partial charge in [-0.1, -0.05) is 18.2 Å². The summed E-state index contributed by atoms with van der Waals surface area (Å²) in [5, 5.41) is 11.5. The van der Waals surface area contributed by atoms with Crippen molar-refractivity contribution in [2.45, 2.75) is 6.92 Å². The number of carboxylic acids is 1. The van der Waals surface area contributed by atoms with Crippen LogP contribution in [-0.4, -0.2) is 17.6 Å². The Bertz CT molecular complexity index is 388. The molecule has 4 heteroatoms. The van der Waals surface area contributed by atoms with Gasteiger partial charge in [-0.15, -0.1) is 0 Å². The van der Waals surface area contributed by atoms with Crippen LogP contribution in [0.25, 0.3) is 0 Å². The van der Waals surface area contributed by atoms with Crippen LogP contribution in [0.1, 0.15) is 17.3 Å². The number of anilines is 1. The summed E-state index contributed by atoms with van der Waals surface area (Å²) in [5.41, 5.74) is -0.0254. The third kappa shape index (κ3) is 2.80. The Morgan fingerprint density at radius 2 is 2.33 bits per heavy atom. The van der Waals surface area contributed by atoms with Gasteiger partial charge in [0.05, 0.1) is 11.3 Å². The maximum atomic E-state index is 13.3. The van der Waals surface area contributed by atoms with Crippen molar-refractivity contribution in [1.29, 1.82) is 0 Å². The SMILES string of the molecule is C/C=C/CNc1c(F)cccc1C(=O)O. The maximum Gasteiger partial charge on any atom is 0.337 e. The van der Waals surface area contributed by atoms with Crippen LogP contribution in [0.3, 0.4) is 0 Å². The zero-order chi connectivity index (χ0) is 11.3. The second-order valence-corrected chi connectivity index (χ2v) is 2.92. The number of benzene rings is 1. The first-order chi connectivity index (χ1) is 7.16. The number of hydrogen-bond acceptors (Lipinski definition) is 2. The summed E-state index contributed by atoms with van der Waals surface area (Å²) in [6, 6.07) is 3.97. The fourth-order valence-electron chi connectivity index (χ4n) is 1.16. The number of carbonyl (C=O) groups is 1. The van der Waals surface area contributed by atoms with Gasteiger partial charge in [-0.3, -0.25) is 0 Å². The molecule has 0 heterocycles. The van der Waals surface area contributed by atoms with Gasteiger partial charge < -0.3 is 10.4 Å². The largest absolute Gasteiger partial charge is 0.478 e. The van der Waals surface area contributed by atoms with Crippen LogP contribution >= 0.6 is 0 Å². The van der Waals surface area contributed by atoms with Crippen LogP contribution in [0, 0.1) is 5.82 Å². The number of rotatable bonds is 4. The fraction of sp³-hybridized carbons (Fsp3) is 0.182. The number of nitrogens with one attached hydrogen (secondary N) is 1. The highest BCUT2D eigenvalue weighted by atomic mass is 19.1. The van der Waals surface area contributed by atoms with Gasteiger partial charge in [-0.05, 0) is 19.1 Å². The number of allylic oxidation sites excluding steroid dienone is 1.